The number of rotatable bonds is 2. The monoisotopic (exact) mass is 354 g/mol. The van der Waals surface area contributed by atoms with Crippen LogP contribution < -0.4 is 5.32 Å². The lowest BCUT2D eigenvalue weighted by atomic mass is 9.76. The standard InChI is InChI=1S/C17H17ClF2N2O2/c18-11-1-2-12-13(5-11)21-16(23)15(10-6-17(19,20)7-10)22-14(12)9-3-4-24-8-9/h1-2,5,9-10,15H,3-4,6-8H2,(H,21,23). The Hall–Kier alpha value is -1.53. The number of hydrogen-bond acceptors (Lipinski definition) is 3. The second-order valence-electron chi connectivity index (χ2n) is 6.72. The highest BCUT2D eigenvalue weighted by molar-refractivity contribution is 6.31. The maximum absolute atomic E-state index is 13.3. The van der Waals surface area contributed by atoms with E-state index in [1.54, 1.807) is 12.1 Å². The summed E-state index contributed by atoms with van der Waals surface area (Å²) in [5.74, 6) is -3.38. The summed E-state index contributed by atoms with van der Waals surface area (Å²) in [5, 5.41) is 3.32. The van der Waals surface area contributed by atoms with Crippen molar-refractivity contribution in [1.82, 2.24) is 0 Å². The van der Waals surface area contributed by atoms with E-state index in [-0.39, 0.29) is 24.7 Å². The first-order valence-electron chi connectivity index (χ1n) is 8.07. The molecule has 2 atom stereocenters. The van der Waals surface area contributed by atoms with Crippen molar-refractivity contribution in [1.29, 1.82) is 0 Å². The SMILES string of the molecule is O=C1Nc2cc(Cl)ccc2C(C2CCOC2)=NC1C1CC(F)(F)C1. The molecule has 2 heterocycles. The summed E-state index contributed by atoms with van der Waals surface area (Å²) in [4.78, 5) is 17.2. The second kappa shape index (κ2) is 5.77. The zero-order valence-corrected chi connectivity index (χ0v) is 13.7. The summed E-state index contributed by atoms with van der Waals surface area (Å²) in [7, 11) is 0. The Bertz CT molecular complexity index is 709. The van der Waals surface area contributed by atoms with Gasteiger partial charge in [0.1, 0.15) is 6.04 Å². The van der Waals surface area contributed by atoms with Crippen LogP contribution >= 0.6 is 11.6 Å². The topological polar surface area (TPSA) is 50.7 Å². The van der Waals surface area contributed by atoms with Crippen LogP contribution in [0.2, 0.25) is 5.02 Å². The summed E-state index contributed by atoms with van der Waals surface area (Å²) in [6, 6.07) is 4.46. The van der Waals surface area contributed by atoms with E-state index in [0.717, 1.165) is 17.7 Å². The van der Waals surface area contributed by atoms with E-state index in [2.05, 4.69) is 10.3 Å². The van der Waals surface area contributed by atoms with Gasteiger partial charge in [-0.05, 0) is 24.6 Å². The molecule has 1 N–H and O–H groups in total. The van der Waals surface area contributed by atoms with Crippen molar-refractivity contribution >= 4 is 28.9 Å². The Morgan fingerprint density at radius 2 is 2.12 bits per heavy atom. The number of hydrogen-bond donors (Lipinski definition) is 1. The van der Waals surface area contributed by atoms with Gasteiger partial charge in [-0.15, -0.1) is 0 Å². The predicted molar refractivity (Wildman–Crippen MR) is 87.0 cm³/mol. The Labute approximate surface area is 143 Å². The molecule has 1 saturated carbocycles. The molecule has 7 heteroatoms. The van der Waals surface area contributed by atoms with Crippen molar-refractivity contribution in [3.05, 3.63) is 28.8 Å². The number of amides is 1. The van der Waals surface area contributed by atoms with E-state index < -0.39 is 17.9 Å². The number of alkyl halides is 2. The quantitative estimate of drug-likeness (QED) is 0.883. The molecule has 4 rings (SSSR count). The molecule has 2 fully saturated rings. The van der Waals surface area contributed by atoms with Crippen molar-refractivity contribution < 1.29 is 18.3 Å². The third kappa shape index (κ3) is 2.82. The van der Waals surface area contributed by atoms with E-state index in [9.17, 15) is 13.6 Å². The summed E-state index contributed by atoms with van der Waals surface area (Å²) < 4.78 is 32.0. The molecule has 128 valence electrons. The molecule has 4 nitrogen and oxygen atoms in total. The molecule has 1 aromatic carbocycles. The van der Waals surface area contributed by atoms with E-state index in [1.165, 1.54) is 0 Å². The lowest BCUT2D eigenvalue weighted by molar-refractivity contribution is -0.133. The molecule has 2 aliphatic heterocycles. The van der Waals surface area contributed by atoms with Gasteiger partial charge in [-0.2, -0.15) is 0 Å². The predicted octanol–water partition coefficient (Wildman–Crippen LogP) is 3.53. The van der Waals surface area contributed by atoms with Crippen LogP contribution in [-0.2, 0) is 9.53 Å². The molecule has 1 saturated heterocycles. The summed E-state index contributed by atoms with van der Waals surface area (Å²) >= 11 is 6.04. The first kappa shape index (κ1) is 16.0. The number of carbonyl (C=O) groups is 1. The smallest absolute Gasteiger partial charge is 0.249 e. The van der Waals surface area contributed by atoms with Crippen LogP contribution in [0.25, 0.3) is 0 Å². The highest BCUT2D eigenvalue weighted by Gasteiger charge is 2.51. The van der Waals surface area contributed by atoms with Gasteiger partial charge in [0, 0.05) is 41.9 Å². The Morgan fingerprint density at radius 3 is 2.79 bits per heavy atom. The highest BCUT2D eigenvalue weighted by Crippen LogP contribution is 2.46. The second-order valence-corrected chi connectivity index (χ2v) is 7.16. The molecule has 24 heavy (non-hydrogen) atoms. The fraction of sp³-hybridized carbons (Fsp3) is 0.529. The first-order chi connectivity index (χ1) is 11.4. The van der Waals surface area contributed by atoms with Crippen molar-refractivity contribution in [3.8, 4) is 0 Å². The molecular formula is C17H17ClF2N2O2. The van der Waals surface area contributed by atoms with Gasteiger partial charge in [0.05, 0.1) is 18.0 Å². The average Bonchev–Trinajstić information content (AvgIpc) is 2.96. The molecule has 3 aliphatic rings. The molecule has 0 spiro atoms. The summed E-state index contributed by atoms with van der Waals surface area (Å²) in [6.07, 6.45) is 0.225. The molecule has 0 radical (unpaired) electrons. The van der Waals surface area contributed by atoms with E-state index in [4.69, 9.17) is 16.3 Å². The minimum atomic E-state index is -2.68. The number of benzene rings is 1. The van der Waals surface area contributed by atoms with E-state index >= 15 is 0 Å². The molecular weight excluding hydrogens is 338 g/mol. The third-order valence-electron chi connectivity index (χ3n) is 4.95. The summed E-state index contributed by atoms with van der Waals surface area (Å²) in [5.41, 5.74) is 2.15. The highest BCUT2D eigenvalue weighted by atomic mass is 35.5. The fourth-order valence-electron chi connectivity index (χ4n) is 3.65. The van der Waals surface area contributed by atoms with Crippen molar-refractivity contribution in [2.24, 2.45) is 16.8 Å². The van der Waals surface area contributed by atoms with Crippen LogP contribution in [-0.4, -0.2) is 36.8 Å². The van der Waals surface area contributed by atoms with Crippen LogP contribution in [0.3, 0.4) is 0 Å². The van der Waals surface area contributed by atoms with E-state index in [1.807, 2.05) is 6.07 Å². The van der Waals surface area contributed by atoms with Crippen LogP contribution in [0.15, 0.2) is 23.2 Å². The normalized spacial score (nSPS) is 29.3. The van der Waals surface area contributed by atoms with Crippen molar-refractivity contribution in [3.63, 3.8) is 0 Å². The van der Waals surface area contributed by atoms with Gasteiger partial charge < -0.3 is 10.1 Å². The van der Waals surface area contributed by atoms with Crippen LogP contribution in [0, 0.1) is 11.8 Å². The van der Waals surface area contributed by atoms with Gasteiger partial charge in [0.15, 0.2) is 0 Å². The molecule has 2 unspecified atom stereocenters. The maximum atomic E-state index is 13.3. The molecule has 1 amide bonds. The third-order valence-corrected chi connectivity index (χ3v) is 5.18. The first-order valence-corrected chi connectivity index (χ1v) is 8.45. The number of anilines is 1. The van der Waals surface area contributed by atoms with Gasteiger partial charge in [0.2, 0.25) is 11.8 Å². The lowest BCUT2D eigenvalue weighted by Gasteiger charge is -2.37. The van der Waals surface area contributed by atoms with Gasteiger partial charge in [-0.1, -0.05) is 11.6 Å². The number of benzodiazepines with no additional fused rings is 1. The number of carbonyl (C=O) groups excluding carboxylic acids is 1. The number of nitrogens with zero attached hydrogens (tertiary/aromatic N) is 1. The lowest BCUT2D eigenvalue weighted by Crippen LogP contribution is -2.46. The largest absolute Gasteiger partial charge is 0.381 e. The van der Waals surface area contributed by atoms with Crippen LogP contribution in [0.1, 0.15) is 24.8 Å². The maximum Gasteiger partial charge on any atom is 0.249 e. The molecule has 0 bridgehead atoms. The minimum Gasteiger partial charge on any atom is -0.381 e. The van der Waals surface area contributed by atoms with Gasteiger partial charge in [0.25, 0.3) is 0 Å². The van der Waals surface area contributed by atoms with Gasteiger partial charge in [-0.3, -0.25) is 9.79 Å². The van der Waals surface area contributed by atoms with Crippen LogP contribution in [0.4, 0.5) is 14.5 Å². The minimum absolute atomic E-state index is 0.0701. The zero-order valence-electron chi connectivity index (χ0n) is 12.9. The number of fused-ring (bicyclic) bond motifs is 1. The molecule has 1 aliphatic carbocycles. The number of ether oxygens (including phenoxy) is 1. The van der Waals surface area contributed by atoms with Crippen molar-refractivity contribution in [2.75, 3.05) is 18.5 Å². The summed E-state index contributed by atoms with van der Waals surface area (Å²) in [6.45, 7) is 1.17. The van der Waals surface area contributed by atoms with E-state index in [0.29, 0.717) is 23.9 Å². The van der Waals surface area contributed by atoms with Crippen molar-refractivity contribution in [2.45, 2.75) is 31.2 Å². The number of aliphatic imine (C=N–C) groups is 1. The van der Waals surface area contributed by atoms with Gasteiger partial charge in [-0.25, -0.2) is 8.78 Å². The average molecular weight is 355 g/mol. The number of halogens is 3. The fourth-order valence-corrected chi connectivity index (χ4v) is 3.83. The van der Waals surface area contributed by atoms with Crippen LogP contribution in [0.5, 0.6) is 0 Å². The van der Waals surface area contributed by atoms with Gasteiger partial charge >= 0.3 is 0 Å². The Balaban J connectivity index is 1.73. The Morgan fingerprint density at radius 1 is 1.33 bits per heavy atom. The molecule has 1 aromatic rings. The Kier molecular flexibility index (Phi) is 3.84. The number of nitrogens with one attached hydrogen (secondary N) is 1. The molecule has 0 aromatic heterocycles. The zero-order chi connectivity index (χ0) is 16.9.